The molecule has 1 atom stereocenters. The Labute approximate surface area is 107 Å². The maximum absolute atomic E-state index is 7.00. The van der Waals surface area contributed by atoms with Gasteiger partial charge in [-0.1, -0.05) is 12.1 Å². The Kier molecular flexibility index (Phi) is 5.82. The van der Waals surface area contributed by atoms with Gasteiger partial charge >= 0.3 is 0 Å². The second-order valence-electron chi connectivity index (χ2n) is 3.85. The monoisotopic (exact) mass is 253 g/mol. The minimum atomic E-state index is -0.0666. The van der Waals surface area contributed by atoms with Gasteiger partial charge in [-0.15, -0.1) is 12.6 Å². The summed E-state index contributed by atoms with van der Waals surface area (Å²) in [4.78, 5) is 0.955. The predicted octanol–water partition coefficient (Wildman–Crippen LogP) is -0.125. The van der Waals surface area contributed by atoms with Gasteiger partial charge in [0.1, 0.15) is 0 Å². The Hall–Kier alpha value is -1.24. The van der Waals surface area contributed by atoms with Crippen molar-refractivity contribution in [2.24, 2.45) is 11.5 Å². The number of benzene rings is 1. The van der Waals surface area contributed by atoms with Crippen molar-refractivity contribution in [2.75, 3.05) is 13.1 Å². The highest BCUT2D eigenvalue weighted by Gasteiger charge is 2.01. The summed E-state index contributed by atoms with van der Waals surface area (Å²) in [5.41, 5.74) is 12.2. The van der Waals surface area contributed by atoms with Gasteiger partial charge in [0.2, 0.25) is 0 Å². The highest BCUT2D eigenvalue weighted by atomic mass is 32.1. The minimum Gasteiger partial charge on any atom is -0.370 e. The largest absolute Gasteiger partial charge is 0.370 e. The molecule has 17 heavy (non-hydrogen) atoms. The number of hydrogen-bond acceptors (Lipinski definition) is 4. The Morgan fingerprint density at radius 3 is 2.53 bits per heavy atom. The molecule has 1 aromatic carbocycles. The van der Waals surface area contributed by atoms with E-state index in [0.29, 0.717) is 13.1 Å². The first-order chi connectivity index (χ1) is 8.08. The van der Waals surface area contributed by atoms with Crippen molar-refractivity contribution >= 4 is 18.6 Å². The molecular weight excluding hydrogens is 234 g/mol. The van der Waals surface area contributed by atoms with E-state index in [-0.39, 0.29) is 12.0 Å². The number of guanidine groups is 1. The summed E-state index contributed by atoms with van der Waals surface area (Å²) in [6.07, 6.45) is 0. The van der Waals surface area contributed by atoms with Crippen LogP contribution in [0.4, 0.5) is 0 Å². The van der Waals surface area contributed by atoms with E-state index < -0.39 is 0 Å². The zero-order chi connectivity index (χ0) is 12.7. The van der Waals surface area contributed by atoms with Crippen molar-refractivity contribution in [1.82, 2.24) is 10.6 Å². The molecular formula is C11H19N5S. The number of hydrogen-bond donors (Lipinski definition) is 6. The van der Waals surface area contributed by atoms with Crippen LogP contribution < -0.4 is 22.1 Å². The fourth-order valence-electron chi connectivity index (χ4n) is 1.33. The quantitative estimate of drug-likeness (QED) is 0.242. The molecule has 94 valence electrons. The van der Waals surface area contributed by atoms with Gasteiger partial charge in [0.05, 0.1) is 0 Å². The summed E-state index contributed by atoms with van der Waals surface area (Å²) in [6, 6.07) is 7.89. The van der Waals surface area contributed by atoms with E-state index in [1.165, 1.54) is 5.56 Å². The van der Waals surface area contributed by atoms with Crippen molar-refractivity contribution in [3.05, 3.63) is 29.8 Å². The van der Waals surface area contributed by atoms with E-state index in [4.69, 9.17) is 16.9 Å². The van der Waals surface area contributed by atoms with Crippen LogP contribution in [0.1, 0.15) is 5.56 Å². The molecule has 7 N–H and O–H groups in total. The molecule has 6 heteroatoms. The van der Waals surface area contributed by atoms with Crippen LogP contribution in [0.25, 0.3) is 0 Å². The highest BCUT2D eigenvalue weighted by Crippen LogP contribution is 2.07. The maximum Gasteiger partial charge on any atom is 0.185 e. The van der Waals surface area contributed by atoms with Gasteiger partial charge in [-0.3, -0.25) is 5.41 Å². The van der Waals surface area contributed by atoms with E-state index in [2.05, 4.69) is 23.3 Å². The molecule has 0 radical (unpaired) electrons. The number of nitrogens with two attached hydrogens (primary N) is 2. The van der Waals surface area contributed by atoms with Crippen LogP contribution in [0, 0.1) is 5.41 Å². The number of thiol groups is 1. The summed E-state index contributed by atoms with van der Waals surface area (Å²) in [5, 5.41) is 12.9. The summed E-state index contributed by atoms with van der Waals surface area (Å²) < 4.78 is 0. The molecule has 0 aliphatic heterocycles. The molecule has 0 saturated heterocycles. The summed E-state index contributed by atoms with van der Waals surface area (Å²) >= 11 is 4.22. The average molecular weight is 253 g/mol. The van der Waals surface area contributed by atoms with Crippen molar-refractivity contribution in [3.8, 4) is 0 Å². The summed E-state index contributed by atoms with van der Waals surface area (Å²) in [5.74, 6) is -0.0511. The molecule has 0 spiro atoms. The molecule has 1 aromatic rings. The third kappa shape index (κ3) is 6.15. The second kappa shape index (κ2) is 7.16. The fourth-order valence-corrected chi connectivity index (χ4v) is 1.48. The van der Waals surface area contributed by atoms with E-state index in [1.807, 2.05) is 24.3 Å². The van der Waals surface area contributed by atoms with Crippen LogP contribution in [-0.4, -0.2) is 25.1 Å². The standard InChI is InChI=1S/C11H19N5S/c12-9(7-16-11(13)14)6-15-5-8-1-3-10(17)4-2-8/h1-4,9,15,17H,5-7,12H2,(H4,13,14,16). The maximum atomic E-state index is 7.00. The number of rotatable bonds is 6. The Bertz CT molecular complexity index is 351. The lowest BCUT2D eigenvalue weighted by molar-refractivity contribution is 0.564. The van der Waals surface area contributed by atoms with Gasteiger partial charge in [0.15, 0.2) is 5.96 Å². The summed E-state index contributed by atoms with van der Waals surface area (Å²) in [6.45, 7) is 1.93. The third-order valence-electron chi connectivity index (χ3n) is 2.23. The van der Waals surface area contributed by atoms with Crippen molar-refractivity contribution in [2.45, 2.75) is 17.5 Å². The molecule has 1 unspecified atom stereocenters. The van der Waals surface area contributed by atoms with Gasteiger partial charge in [-0.2, -0.15) is 0 Å². The lowest BCUT2D eigenvalue weighted by atomic mass is 10.2. The lowest BCUT2D eigenvalue weighted by Crippen LogP contribution is -2.45. The van der Waals surface area contributed by atoms with Gasteiger partial charge in [0, 0.05) is 30.6 Å². The molecule has 0 fully saturated rings. The third-order valence-corrected chi connectivity index (χ3v) is 2.52. The average Bonchev–Trinajstić information content (AvgIpc) is 2.29. The molecule has 0 heterocycles. The first-order valence-electron chi connectivity index (χ1n) is 5.40. The van der Waals surface area contributed by atoms with Gasteiger partial charge in [-0.05, 0) is 17.7 Å². The predicted molar refractivity (Wildman–Crippen MR) is 73.3 cm³/mol. The van der Waals surface area contributed by atoms with E-state index in [9.17, 15) is 0 Å². The molecule has 0 aliphatic rings. The highest BCUT2D eigenvalue weighted by molar-refractivity contribution is 7.80. The van der Waals surface area contributed by atoms with Crippen molar-refractivity contribution in [3.63, 3.8) is 0 Å². The second-order valence-corrected chi connectivity index (χ2v) is 4.37. The van der Waals surface area contributed by atoms with Crippen molar-refractivity contribution < 1.29 is 0 Å². The van der Waals surface area contributed by atoms with E-state index >= 15 is 0 Å². The van der Waals surface area contributed by atoms with Crippen LogP contribution in [0.3, 0.4) is 0 Å². The Morgan fingerprint density at radius 2 is 1.94 bits per heavy atom. The first-order valence-corrected chi connectivity index (χ1v) is 5.84. The molecule has 0 aromatic heterocycles. The first kappa shape index (κ1) is 13.8. The zero-order valence-electron chi connectivity index (χ0n) is 9.61. The molecule has 1 rings (SSSR count). The van der Waals surface area contributed by atoms with Crippen LogP contribution in [0.2, 0.25) is 0 Å². The lowest BCUT2D eigenvalue weighted by Gasteiger charge is -2.13. The van der Waals surface area contributed by atoms with Gasteiger partial charge in [0.25, 0.3) is 0 Å². The van der Waals surface area contributed by atoms with Gasteiger partial charge < -0.3 is 22.1 Å². The summed E-state index contributed by atoms with van der Waals surface area (Å²) in [7, 11) is 0. The molecule has 0 saturated carbocycles. The number of nitrogens with one attached hydrogen (secondary N) is 3. The smallest absolute Gasteiger partial charge is 0.185 e. The minimum absolute atomic E-state index is 0.0511. The molecule has 5 nitrogen and oxygen atoms in total. The molecule has 0 amide bonds. The van der Waals surface area contributed by atoms with E-state index in [1.54, 1.807) is 0 Å². The molecule has 0 aliphatic carbocycles. The topological polar surface area (TPSA) is 100.0 Å². The molecule has 0 bridgehead atoms. The normalized spacial score (nSPS) is 12.1. The van der Waals surface area contributed by atoms with Crippen LogP contribution in [0.5, 0.6) is 0 Å². The van der Waals surface area contributed by atoms with Gasteiger partial charge in [-0.25, -0.2) is 0 Å². The Morgan fingerprint density at radius 1 is 1.29 bits per heavy atom. The van der Waals surface area contributed by atoms with Crippen molar-refractivity contribution in [1.29, 1.82) is 5.41 Å². The zero-order valence-corrected chi connectivity index (χ0v) is 10.5. The van der Waals surface area contributed by atoms with Crippen LogP contribution in [0.15, 0.2) is 29.2 Å². The van der Waals surface area contributed by atoms with Crippen LogP contribution in [-0.2, 0) is 6.54 Å². The SMILES string of the molecule is N=C(N)NCC(N)CNCc1ccc(S)cc1. The fraction of sp³-hybridized carbons (Fsp3) is 0.364. The van der Waals surface area contributed by atoms with Crippen LogP contribution >= 0.6 is 12.6 Å². The Balaban J connectivity index is 2.18. The van der Waals surface area contributed by atoms with E-state index in [0.717, 1.165) is 11.4 Å².